The fourth-order valence-corrected chi connectivity index (χ4v) is 2.87. The smallest absolute Gasteiger partial charge is 0.267 e. The lowest BCUT2D eigenvalue weighted by Crippen LogP contribution is -2.22. The lowest BCUT2D eigenvalue weighted by Gasteiger charge is -2.07. The van der Waals surface area contributed by atoms with Crippen molar-refractivity contribution in [3.63, 3.8) is 0 Å². The molecule has 0 unspecified atom stereocenters. The molecular formula is C12H8BrN3OS. The molecule has 2 heterocycles. The molecule has 0 radical (unpaired) electrons. The van der Waals surface area contributed by atoms with Crippen LogP contribution >= 0.6 is 27.3 Å². The molecule has 3 aromatic rings. The molecule has 3 rings (SSSR count). The first-order chi connectivity index (χ1) is 8.66. The maximum absolute atomic E-state index is 12.5. The Balaban J connectivity index is 2.43. The molecule has 18 heavy (non-hydrogen) atoms. The van der Waals surface area contributed by atoms with Gasteiger partial charge in [-0.15, -0.1) is 11.3 Å². The Bertz CT molecular complexity index is 780. The van der Waals surface area contributed by atoms with Gasteiger partial charge in [0.15, 0.2) is 5.13 Å². The van der Waals surface area contributed by atoms with Gasteiger partial charge in [0.25, 0.3) is 5.56 Å². The molecule has 0 aliphatic rings. The maximum atomic E-state index is 12.5. The van der Waals surface area contributed by atoms with Gasteiger partial charge in [-0.1, -0.05) is 15.9 Å². The number of rotatable bonds is 1. The normalized spacial score (nSPS) is 11.0. The lowest BCUT2D eigenvalue weighted by atomic mass is 10.2. The third-order valence-electron chi connectivity index (χ3n) is 2.61. The summed E-state index contributed by atoms with van der Waals surface area (Å²) in [7, 11) is 0. The molecule has 0 saturated carbocycles. The number of aryl methyl sites for hydroxylation is 1. The van der Waals surface area contributed by atoms with Crippen molar-refractivity contribution in [3.8, 4) is 5.13 Å². The van der Waals surface area contributed by atoms with Gasteiger partial charge >= 0.3 is 0 Å². The number of fused-ring (bicyclic) bond motifs is 1. The van der Waals surface area contributed by atoms with Crippen LogP contribution in [0.2, 0.25) is 0 Å². The summed E-state index contributed by atoms with van der Waals surface area (Å²) in [5, 5.41) is 3.07. The van der Waals surface area contributed by atoms with Gasteiger partial charge in [-0.2, -0.15) is 0 Å². The second kappa shape index (κ2) is 4.29. The van der Waals surface area contributed by atoms with Gasteiger partial charge in [-0.3, -0.25) is 4.79 Å². The largest absolute Gasteiger partial charge is 0.268 e. The number of nitrogens with zero attached hydrogens (tertiary/aromatic N) is 3. The maximum Gasteiger partial charge on any atom is 0.267 e. The molecule has 6 heteroatoms. The summed E-state index contributed by atoms with van der Waals surface area (Å²) in [5.41, 5.74) is 0.613. The van der Waals surface area contributed by atoms with Crippen LogP contribution in [0.5, 0.6) is 0 Å². The van der Waals surface area contributed by atoms with E-state index in [1.807, 2.05) is 24.4 Å². The summed E-state index contributed by atoms with van der Waals surface area (Å²) in [6.45, 7) is 1.81. The van der Waals surface area contributed by atoms with Gasteiger partial charge in [0, 0.05) is 16.0 Å². The minimum Gasteiger partial charge on any atom is -0.268 e. The summed E-state index contributed by atoms with van der Waals surface area (Å²) in [6, 6.07) is 5.50. The minimum atomic E-state index is -0.0891. The number of hydrogen-bond donors (Lipinski definition) is 0. The van der Waals surface area contributed by atoms with Crippen LogP contribution in [0.1, 0.15) is 5.82 Å². The Labute approximate surface area is 115 Å². The van der Waals surface area contributed by atoms with E-state index in [4.69, 9.17) is 0 Å². The van der Waals surface area contributed by atoms with E-state index in [2.05, 4.69) is 25.9 Å². The van der Waals surface area contributed by atoms with E-state index in [0.717, 1.165) is 4.47 Å². The number of aromatic nitrogens is 3. The van der Waals surface area contributed by atoms with E-state index in [1.54, 1.807) is 16.8 Å². The fourth-order valence-electron chi connectivity index (χ4n) is 1.82. The highest BCUT2D eigenvalue weighted by molar-refractivity contribution is 9.10. The van der Waals surface area contributed by atoms with E-state index >= 15 is 0 Å². The average molecular weight is 322 g/mol. The first-order valence-electron chi connectivity index (χ1n) is 5.25. The Morgan fingerprint density at radius 2 is 2.22 bits per heavy atom. The van der Waals surface area contributed by atoms with Crippen LogP contribution in [-0.2, 0) is 0 Å². The average Bonchev–Trinajstić information content (AvgIpc) is 2.84. The third kappa shape index (κ3) is 1.77. The predicted octanol–water partition coefficient (Wildman–Crippen LogP) is 2.91. The van der Waals surface area contributed by atoms with Gasteiger partial charge in [0.1, 0.15) is 5.82 Å². The molecule has 0 amide bonds. The topological polar surface area (TPSA) is 47.8 Å². The molecule has 0 bridgehead atoms. The van der Waals surface area contributed by atoms with Gasteiger partial charge in [0.2, 0.25) is 0 Å². The van der Waals surface area contributed by atoms with Crippen LogP contribution in [0.15, 0.2) is 39.0 Å². The van der Waals surface area contributed by atoms with E-state index in [1.165, 1.54) is 11.3 Å². The zero-order valence-corrected chi connectivity index (χ0v) is 11.8. The van der Waals surface area contributed by atoms with Crippen LogP contribution in [0.4, 0.5) is 0 Å². The van der Waals surface area contributed by atoms with Crippen LogP contribution < -0.4 is 5.56 Å². The Morgan fingerprint density at radius 1 is 1.39 bits per heavy atom. The monoisotopic (exact) mass is 321 g/mol. The molecule has 0 fully saturated rings. The lowest BCUT2D eigenvalue weighted by molar-refractivity contribution is 0.884. The zero-order chi connectivity index (χ0) is 12.7. The minimum absolute atomic E-state index is 0.0891. The molecule has 0 saturated heterocycles. The molecular weight excluding hydrogens is 314 g/mol. The van der Waals surface area contributed by atoms with Crippen LogP contribution in [-0.4, -0.2) is 14.5 Å². The second-order valence-corrected chi connectivity index (χ2v) is 5.56. The van der Waals surface area contributed by atoms with Gasteiger partial charge < -0.3 is 0 Å². The van der Waals surface area contributed by atoms with Gasteiger partial charge in [-0.05, 0) is 25.1 Å². The molecule has 1 aromatic carbocycles. The van der Waals surface area contributed by atoms with Crippen LogP contribution in [0.25, 0.3) is 16.0 Å². The van der Waals surface area contributed by atoms with Crippen molar-refractivity contribution < 1.29 is 0 Å². The highest BCUT2D eigenvalue weighted by atomic mass is 79.9. The summed E-state index contributed by atoms with van der Waals surface area (Å²) in [4.78, 5) is 21.1. The third-order valence-corrected chi connectivity index (χ3v) is 3.86. The number of thiazole rings is 1. The van der Waals surface area contributed by atoms with E-state index in [0.29, 0.717) is 21.9 Å². The van der Waals surface area contributed by atoms with Crippen molar-refractivity contribution in [2.75, 3.05) is 0 Å². The second-order valence-electron chi connectivity index (χ2n) is 3.78. The first kappa shape index (κ1) is 11.6. The zero-order valence-electron chi connectivity index (χ0n) is 9.42. The van der Waals surface area contributed by atoms with Crippen molar-refractivity contribution in [1.29, 1.82) is 0 Å². The Hall–Kier alpha value is -1.53. The van der Waals surface area contributed by atoms with Crippen molar-refractivity contribution in [1.82, 2.24) is 14.5 Å². The van der Waals surface area contributed by atoms with Crippen LogP contribution in [0, 0.1) is 6.92 Å². The molecule has 2 aromatic heterocycles. The molecule has 0 spiro atoms. The van der Waals surface area contributed by atoms with Crippen molar-refractivity contribution in [2.24, 2.45) is 0 Å². The number of benzene rings is 1. The Morgan fingerprint density at radius 3 is 2.94 bits per heavy atom. The summed E-state index contributed by atoms with van der Waals surface area (Å²) >= 11 is 4.79. The molecule has 0 aliphatic carbocycles. The van der Waals surface area contributed by atoms with Gasteiger partial charge in [-0.25, -0.2) is 14.5 Å². The number of hydrogen-bond acceptors (Lipinski definition) is 4. The molecule has 4 nitrogen and oxygen atoms in total. The van der Waals surface area contributed by atoms with E-state index < -0.39 is 0 Å². The standard InChI is InChI=1S/C12H8BrN3OS/c1-7-15-10-3-2-8(13)6-9(10)11(17)16(7)12-14-4-5-18-12/h2-6H,1H3. The van der Waals surface area contributed by atoms with Crippen molar-refractivity contribution >= 4 is 38.2 Å². The fraction of sp³-hybridized carbons (Fsp3) is 0.0833. The highest BCUT2D eigenvalue weighted by Crippen LogP contribution is 2.18. The number of halogens is 1. The van der Waals surface area contributed by atoms with E-state index in [9.17, 15) is 4.79 Å². The highest BCUT2D eigenvalue weighted by Gasteiger charge is 2.11. The van der Waals surface area contributed by atoms with Crippen molar-refractivity contribution in [3.05, 3.63) is 50.4 Å². The Kier molecular flexibility index (Phi) is 2.76. The molecule has 90 valence electrons. The predicted molar refractivity (Wildman–Crippen MR) is 75.4 cm³/mol. The molecule has 0 aliphatic heterocycles. The summed E-state index contributed by atoms with van der Waals surface area (Å²) < 4.78 is 2.41. The quantitative estimate of drug-likeness (QED) is 0.692. The van der Waals surface area contributed by atoms with E-state index in [-0.39, 0.29) is 5.56 Å². The molecule has 0 N–H and O–H groups in total. The SMILES string of the molecule is Cc1nc2ccc(Br)cc2c(=O)n1-c1nccs1. The van der Waals surface area contributed by atoms with Gasteiger partial charge in [0.05, 0.1) is 10.9 Å². The first-order valence-corrected chi connectivity index (χ1v) is 6.93. The van der Waals surface area contributed by atoms with Crippen molar-refractivity contribution in [2.45, 2.75) is 6.92 Å². The summed E-state index contributed by atoms with van der Waals surface area (Å²) in [6.07, 6.45) is 1.68. The molecule has 0 atom stereocenters. The summed E-state index contributed by atoms with van der Waals surface area (Å²) in [5.74, 6) is 0.643. The van der Waals surface area contributed by atoms with Crippen LogP contribution in [0.3, 0.4) is 0 Å².